The molecule has 1 aromatic carbocycles. The topological polar surface area (TPSA) is 46.2 Å². The zero-order valence-electron chi connectivity index (χ0n) is 7.41. The smallest absolute Gasteiger partial charge is 0.126 e. The largest absolute Gasteiger partial charge is 0.396 e. The van der Waals surface area contributed by atoms with Crippen molar-refractivity contribution in [2.75, 3.05) is 6.61 Å². The summed E-state index contributed by atoms with van der Waals surface area (Å²) in [6.07, 6.45) is 0.295. The summed E-state index contributed by atoms with van der Waals surface area (Å²) in [5.74, 6) is -1.30. The van der Waals surface area contributed by atoms with Crippen molar-refractivity contribution < 1.29 is 13.9 Å². The second-order valence-electron chi connectivity index (χ2n) is 2.82. The van der Waals surface area contributed by atoms with Crippen molar-refractivity contribution in [2.45, 2.75) is 12.5 Å². The lowest BCUT2D eigenvalue weighted by Gasteiger charge is -2.10. The number of rotatable bonds is 3. The van der Waals surface area contributed by atoms with E-state index in [4.69, 9.17) is 10.8 Å². The van der Waals surface area contributed by atoms with Crippen LogP contribution in [0.2, 0.25) is 0 Å². The molecule has 0 fully saturated rings. The second kappa shape index (κ2) is 5.90. The van der Waals surface area contributed by atoms with E-state index in [1.54, 1.807) is 0 Å². The van der Waals surface area contributed by atoms with Crippen LogP contribution in [0.25, 0.3) is 0 Å². The van der Waals surface area contributed by atoms with Crippen molar-refractivity contribution >= 4 is 12.4 Å². The fourth-order valence-electron chi connectivity index (χ4n) is 1.09. The molecular weight excluding hydrogens is 212 g/mol. The highest BCUT2D eigenvalue weighted by molar-refractivity contribution is 5.85. The molecule has 1 atom stereocenters. The minimum absolute atomic E-state index is 0. The molecule has 14 heavy (non-hydrogen) atoms. The highest BCUT2D eigenvalue weighted by Gasteiger charge is 2.07. The van der Waals surface area contributed by atoms with Gasteiger partial charge in [-0.2, -0.15) is 0 Å². The molecule has 0 aliphatic heterocycles. The van der Waals surface area contributed by atoms with Crippen LogP contribution in [-0.2, 0) is 0 Å². The van der Waals surface area contributed by atoms with Crippen molar-refractivity contribution in [3.05, 3.63) is 35.4 Å². The van der Waals surface area contributed by atoms with Crippen molar-refractivity contribution in [1.82, 2.24) is 0 Å². The predicted molar refractivity (Wildman–Crippen MR) is 52.2 cm³/mol. The Bertz CT molecular complexity index is 276. The van der Waals surface area contributed by atoms with Gasteiger partial charge in [-0.25, -0.2) is 8.78 Å². The second-order valence-corrected chi connectivity index (χ2v) is 2.82. The van der Waals surface area contributed by atoms with E-state index < -0.39 is 17.7 Å². The van der Waals surface area contributed by atoms with Gasteiger partial charge in [0.05, 0.1) is 0 Å². The molecule has 1 aromatic rings. The lowest BCUT2D eigenvalue weighted by atomic mass is 10.1. The van der Waals surface area contributed by atoms with E-state index in [9.17, 15) is 8.78 Å². The van der Waals surface area contributed by atoms with Crippen molar-refractivity contribution in [3.8, 4) is 0 Å². The Hall–Kier alpha value is -0.710. The van der Waals surface area contributed by atoms with Crippen LogP contribution in [0.3, 0.4) is 0 Å². The standard InChI is InChI=1S/C9H11F2NO.ClH/c10-7-3-6(4-8(11)5-7)9(12)1-2-13;/h3-5,9,13H,1-2,12H2;1H. The van der Waals surface area contributed by atoms with Gasteiger partial charge < -0.3 is 10.8 Å². The molecule has 0 aromatic heterocycles. The molecular formula is C9H12ClF2NO. The molecule has 0 saturated heterocycles. The van der Waals surface area contributed by atoms with Gasteiger partial charge in [-0.1, -0.05) is 0 Å². The Morgan fingerprint density at radius 3 is 2.14 bits per heavy atom. The molecule has 3 N–H and O–H groups in total. The van der Waals surface area contributed by atoms with Gasteiger partial charge in [0.15, 0.2) is 0 Å². The molecule has 1 unspecified atom stereocenters. The average Bonchev–Trinajstić information content (AvgIpc) is 2.03. The van der Waals surface area contributed by atoms with E-state index in [-0.39, 0.29) is 19.0 Å². The number of hydrogen-bond acceptors (Lipinski definition) is 2. The Balaban J connectivity index is 0.00000169. The van der Waals surface area contributed by atoms with Crippen molar-refractivity contribution in [3.63, 3.8) is 0 Å². The fraction of sp³-hybridized carbons (Fsp3) is 0.333. The zero-order valence-corrected chi connectivity index (χ0v) is 8.23. The lowest BCUT2D eigenvalue weighted by Crippen LogP contribution is -2.12. The SMILES string of the molecule is Cl.NC(CCO)c1cc(F)cc(F)c1. The molecule has 2 nitrogen and oxygen atoms in total. The van der Waals surface area contributed by atoms with Crippen LogP contribution in [0, 0.1) is 11.6 Å². The molecule has 80 valence electrons. The molecule has 0 heterocycles. The Morgan fingerprint density at radius 2 is 1.71 bits per heavy atom. The van der Waals surface area contributed by atoms with E-state index in [0.717, 1.165) is 6.07 Å². The van der Waals surface area contributed by atoms with Crippen LogP contribution in [0.4, 0.5) is 8.78 Å². The number of benzene rings is 1. The molecule has 0 spiro atoms. The number of aliphatic hydroxyl groups is 1. The van der Waals surface area contributed by atoms with Gasteiger partial charge in [0.2, 0.25) is 0 Å². The molecule has 1 rings (SSSR count). The summed E-state index contributed by atoms with van der Waals surface area (Å²) in [5.41, 5.74) is 5.92. The van der Waals surface area contributed by atoms with Gasteiger partial charge in [-0.05, 0) is 24.1 Å². The zero-order chi connectivity index (χ0) is 9.84. The van der Waals surface area contributed by atoms with Crippen LogP contribution in [0.15, 0.2) is 18.2 Å². The minimum Gasteiger partial charge on any atom is -0.396 e. The first-order valence-corrected chi connectivity index (χ1v) is 3.96. The summed E-state index contributed by atoms with van der Waals surface area (Å²) in [6, 6.07) is 2.61. The maximum absolute atomic E-state index is 12.7. The van der Waals surface area contributed by atoms with Crippen LogP contribution >= 0.6 is 12.4 Å². The van der Waals surface area contributed by atoms with E-state index in [0.29, 0.717) is 12.0 Å². The van der Waals surface area contributed by atoms with E-state index in [1.807, 2.05) is 0 Å². The highest BCUT2D eigenvalue weighted by Crippen LogP contribution is 2.16. The van der Waals surface area contributed by atoms with Crippen LogP contribution in [0.1, 0.15) is 18.0 Å². The molecule has 0 bridgehead atoms. The lowest BCUT2D eigenvalue weighted by molar-refractivity contribution is 0.276. The Kier molecular flexibility index (Phi) is 5.60. The Morgan fingerprint density at radius 1 is 1.21 bits per heavy atom. The summed E-state index contributed by atoms with van der Waals surface area (Å²) in [4.78, 5) is 0. The molecule has 0 amide bonds. The first kappa shape index (κ1) is 13.3. The molecule has 0 saturated carbocycles. The molecule has 0 aliphatic carbocycles. The quantitative estimate of drug-likeness (QED) is 0.821. The van der Waals surface area contributed by atoms with Crippen LogP contribution < -0.4 is 5.73 Å². The third-order valence-electron chi connectivity index (χ3n) is 1.75. The third kappa shape index (κ3) is 3.57. The van der Waals surface area contributed by atoms with Gasteiger partial charge in [-0.15, -0.1) is 12.4 Å². The number of halogens is 3. The monoisotopic (exact) mass is 223 g/mol. The maximum Gasteiger partial charge on any atom is 0.126 e. The number of nitrogens with two attached hydrogens (primary N) is 1. The molecule has 0 radical (unpaired) electrons. The van der Waals surface area contributed by atoms with Gasteiger partial charge in [0, 0.05) is 18.7 Å². The highest BCUT2D eigenvalue weighted by atomic mass is 35.5. The Labute approximate surface area is 87.1 Å². The number of aliphatic hydroxyl groups excluding tert-OH is 1. The number of hydrogen-bond donors (Lipinski definition) is 2. The van der Waals surface area contributed by atoms with Gasteiger partial charge in [0.1, 0.15) is 11.6 Å². The van der Waals surface area contributed by atoms with Crippen molar-refractivity contribution in [2.24, 2.45) is 5.73 Å². The fourth-order valence-corrected chi connectivity index (χ4v) is 1.09. The summed E-state index contributed by atoms with van der Waals surface area (Å²) in [7, 11) is 0. The van der Waals surface area contributed by atoms with Crippen LogP contribution in [0.5, 0.6) is 0 Å². The first-order chi connectivity index (χ1) is 6.13. The van der Waals surface area contributed by atoms with Crippen LogP contribution in [-0.4, -0.2) is 11.7 Å². The third-order valence-corrected chi connectivity index (χ3v) is 1.75. The predicted octanol–water partition coefficient (Wildman–Crippen LogP) is 1.77. The summed E-state index contributed by atoms with van der Waals surface area (Å²) < 4.78 is 25.3. The maximum atomic E-state index is 12.7. The summed E-state index contributed by atoms with van der Waals surface area (Å²) >= 11 is 0. The summed E-state index contributed by atoms with van der Waals surface area (Å²) in [5, 5.41) is 8.57. The van der Waals surface area contributed by atoms with E-state index in [2.05, 4.69) is 0 Å². The normalized spacial score (nSPS) is 12.0. The van der Waals surface area contributed by atoms with Crippen molar-refractivity contribution in [1.29, 1.82) is 0 Å². The van der Waals surface area contributed by atoms with Gasteiger partial charge in [0.25, 0.3) is 0 Å². The van der Waals surface area contributed by atoms with Gasteiger partial charge >= 0.3 is 0 Å². The first-order valence-electron chi connectivity index (χ1n) is 3.96. The molecule has 5 heteroatoms. The minimum atomic E-state index is -0.650. The molecule has 0 aliphatic rings. The summed E-state index contributed by atoms with van der Waals surface area (Å²) in [6.45, 7) is -0.0979. The average molecular weight is 224 g/mol. The van der Waals surface area contributed by atoms with Gasteiger partial charge in [-0.3, -0.25) is 0 Å². The van der Waals surface area contributed by atoms with E-state index in [1.165, 1.54) is 12.1 Å². The van der Waals surface area contributed by atoms with E-state index >= 15 is 0 Å².